The highest BCUT2D eigenvalue weighted by Crippen LogP contribution is 1.80. The number of nitrogens with zero attached hydrogens (tertiary/aromatic N) is 3. The Labute approximate surface area is 71.8 Å². The van der Waals surface area contributed by atoms with Gasteiger partial charge in [-0.25, -0.2) is 9.15 Å². The molecule has 5 nitrogen and oxygen atoms in total. The lowest BCUT2D eigenvalue weighted by Gasteiger charge is -1.93. The third-order valence-corrected chi connectivity index (χ3v) is 1.15. The first-order chi connectivity index (χ1) is 5.43. The molecular weight excluding hydrogens is 158 g/mol. The summed E-state index contributed by atoms with van der Waals surface area (Å²) in [4.78, 5) is 10.1. The average Bonchev–Trinajstić information content (AvgIpc) is 1.83. The molecule has 0 heterocycles. The van der Waals surface area contributed by atoms with E-state index in [9.17, 15) is 10.1 Å². The molecule has 0 amide bonds. The van der Waals surface area contributed by atoms with Gasteiger partial charge in [-0.15, -0.1) is 0 Å². The molecule has 0 aromatic heterocycles. The Kier molecular flexibility index (Phi) is 4.10. The molecule has 0 atom stereocenters. The van der Waals surface area contributed by atoms with Crippen LogP contribution in [-0.2, 0) is 0 Å². The van der Waals surface area contributed by atoms with Gasteiger partial charge in [-0.1, -0.05) is 0 Å². The van der Waals surface area contributed by atoms with Crippen LogP contribution in [0.4, 0.5) is 0 Å². The fraction of sp³-hybridized carbons (Fsp3) is 0.714. The molecule has 0 N–H and O–H groups in total. The molecule has 0 aliphatic carbocycles. The maximum atomic E-state index is 10.5. The van der Waals surface area contributed by atoms with Crippen molar-refractivity contribution in [2.45, 2.75) is 6.04 Å². The summed E-state index contributed by atoms with van der Waals surface area (Å²) in [5.41, 5.74) is 0. The van der Waals surface area contributed by atoms with E-state index in [1.807, 2.05) is 0 Å². The molecule has 0 radical (unpaired) electrons. The first-order valence-corrected chi connectivity index (χ1v) is 3.60. The van der Waals surface area contributed by atoms with Gasteiger partial charge < -0.3 is 0 Å². The lowest BCUT2D eigenvalue weighted by Crippen LogP contribution is -2.29. The quantitative estimate of drug-likeness (QED) is 0.246. The Morgan fingerprint density at radius 3 is 1.58 bits per heavy atom. The van der Waals surface area contributed by atoms with Gasteiger partial charge in [0.2, 0.25) is 12.4 Å². The predicted molar refractivity (Wildman–Crippen MR) is 47.1 cm³/mol. The monoisotopic (exact) mass is 173 g/mol. The van der Waals surface area contributed by atoms with E-state index in [0.29, 0.717) is 0 Å². The number of rotatable bonds is 3. The summed E-state index contributed by atoms with van der Waals surface area (Å²) >= 11 is 0. The average molecular weight is 173 g/mol. The summed E-state index contributed by atoms with van der Waals surface area (Å²) in [6.45, 7) is 0. The second kappa shape index (κ2) is 4.58. The van der Waals surface area contributed by atoms with Crippen molar-refractivity contribution < 1.29 is 14.1 Å². The van der Waals surface area contributed by atoms with Gasteiger partial charge in [-0.2, -0.15) is 0 Å². The van der Waals surface area contributed by atoms with Crippen LogP contribution >= 0.6 is 0 Å². The molecule has 0 aromatic rings. The SMILES string of the molecule is C[N+](C)=CC(C=[N+](C)C)[N+](=O)[O-]. The molecule has 0 saturated heterocycles. The molecule has 5 heteroatoms. The molecule has 0 aliphatic heterocycles. The zero-order chi connectivity index (χ0) is 9.72. The Morgan fingerprint density at radius 2 is 1.42 bits per heavy atom. The molecule has 68 valence electrons. The van der Waals surface area contributed by atoms with Crippen LogP contribution in [0.25, 0.3) is 0 Å². The molecule has 0 aliphatic rings. The number of hydrogen-bond donors (Lipinski definition) is 0. The molecule has 0 bridgehead atoms. The Hall–Kier alpha value is -1.26. The molecule has 12 heavy (non-hydrogen) atoms. The topological polar surface area (TPSA) is 49.2 Å². The summed E-state index contributed by atoms with van der Waals surface area (Å²) in [5.74, 6) is 0. The van der Waals surface area contributed by atoms with Gasteiger partial charge in [-0.3, -0.25) is 10.1 Å². The van der Waals surface area contributed by atoms with E-state index < -0.39 is 6.04 Å². The van der Waals surface area contributed by atoms with Crippen molar-refractivity contribution in [2.24, 2.45) is 0 Å². The molecular formula is C7H15N3O2+2. The van der Waals surface area contributed by atoms with E-state index in [2.05, 4.69) is 0 Å². The Bertz CT molecular complexity index is 207. The Balaban J connectivity index is 4.58. The minimum atomic E-state index is -0.741. The van der Waals surface area contributed by atoms with Gasteiger partial charge in [0.15, 0.2) is 0 Å². The Morgan fingerprint density at radius 1 is 1.08 bits per heavy atom. The van der Waals surface area contributed by atoms with Crippen molar-refractivity contribution >= 4 is 12.4 Å². The van der Waals surface area contributed by atoms with E-state index in [1.54, 1.807) is 49.8 Å². The van der Waals surface area contributed by atoms with Crippen molar-refractivity contribution in [3.8, 4) is 0 Å². The molecule has 0 saturated carbocycles. The normalized spacial score (nSPS) is 9.42. The standard InChI is InChI=1S/C7H15N3O2/c1-8(2)5-7(10(11)12)6-9(3)4/h5-7H,1-4H3/q+2. The van der Waals surface area contributed by atoms with E-state index in [4.69, 9.17) is 0 Å². The summed E-state index contributed by atoms with van der Waals surface area (Å²) in [5, 5.41) is 10.5. The van der Waals surface area contributed by atoms with Crippen LogP contribution in [0.1, 0.15) is 0 Å². The minimum Gasteiger partial charge on any atom is -0.263 e. The highest BCUT2D eigenvalue weighted by atomic mass is 16.6. The molecule has 0 aromatic carbocycles. The fourth-order valence-electron chi connectivity index (χ4n) is 0.758. The van der Waals surface area contributed by atoms with E-state index >= 15 is 0 Å². The molecule has 0 rings (SSSR count). The summed E-state index contributed by atoms with van der Waals surface area (Å²) in [7, 11) is 7.06. The second-order valence-corrected chi connectivity index (χ2v) is 3.00. The molecule has 0 unspecified atom stereocenters. The predicted octanol–water partition coefficient (Wildman–Crippen LogP) is -0.682. The zero-order valence-electron chi connectivity index (χ0n) is 7.89. The second-order valence-electron chi connectivity index (χ2n) is 3.00. The van der Waals surface area contributed by atoms with Crippen LogP contribution in [0.15, 0.2) is 0 Å². The maximum absolute atomic E-state index is 10.5. The van der Waals surface area contributed by atoms with Gasteiger partial charge >= 0.3 is 6.04 Å². The van der Waals surface area contributed by atoms with Crippen LogP contribution in [0.2, 0.25) is 0 Å². The minimum absolute atomic E-state index is 0.333. The van der Waals surface area contributed by atoms with Crippen molar-refractivity contribution in [3.63, 3.8) is 0 Å². The lowest BCUT2D eigenvalue weighted by atomic mass is 10.3. The van der Waals surface area contributed by atoms with Gasteiger partial charge in [0.25, 0.3) is 0 Å². The number of nitro groups is 1. The maximum Gasteiger partial charge on any atom is 0.361 e. The molecule has 0 fully saturated rings. The summed E-state index contributed by atoms with van der Waals surface area (Å²) in [6.07, 6.45) is 3.08. The van der Waals surface area contributed by atoms with Crippen molar-refractivity contribution in [2.75, 3.05) is 28.2 Å². The smallest absolute Gasteiger partial charge is 0.263 e. The summed E-state index contributed by atoms with van der Waals surface area (Å²) < 4.78 is 3.35. The van der Waals surface area contributed by atoms with Gasteiger partial charge in [0.05, 0.1) is 0 Å². The van der Waals surface area contributed by atoms with Crippen molar-refractivity contribution in [1.29, 1.82) is 0 Å². The van der Waals surface area contributed by atoms with E-state index in [-0.39, 0.29) is 4.92 Å². The first kappa shape index (κ1) is 10.7. The first-order valence-electron chi connectivity index (χ1n) is 3.60. The third kappa shape index (κ3) is 4.54. The van der Waals surface area contributed by atoms with Crippen LogP contribution in [-0.4, -0.2) is 60.7 Å². The van der Waals surface area contributed by atoms with Crippen LogP contribution in [0.5, 0.6) is 0 Å². The van der Waals surface area contributed by atoms with Crippen molar-refractivity contribution in [3.05, 3.63) is 10.1 Å². The van der Waals surface area contributed by atoms with Gasteiger partial charge in [0, 0.05) is 4.92 Å². The van der Waals surface area contributed by atoms with Gasteiger partial charge in [-0.05, 0) is 0 Å². The largest absolute Gasteiger partial charge is 0.361 e. The highest BCUT2D eigenvalue weighted by Gasteiger charge is 2.22. The lowest BCUT2D eigenvalue weighted by molar-refractivity contribution is -0.524. The van der Waals surface area contributed by atoms with Crippen LogP contribution in [0.3, 0.4) is 0 Å². The molecule has 0 spiro atoms. The summed E-state index contributed by atoms with van der Waals surface area (Å²) in [6, 6.07) is -0.741. The zero-order valence-corrected chi connectivity index (χ0v) is 7.89. The fourth-order valence-corrected chi connectivity index (χ4v) is 0.758. The van der Waals surface area contributed by atoms with Crippen LogP contribution in [0, 0.1) is 10.1 Å². The van der Waals surface area contributed by atoms with Gasteiger partial charge in [0.1, 0.15) is 28.2 Å². The number of hydrogen-bond acceptors (Lipinski definition) is 2. The third-order valence-electron chi connectivity index (χ3n) is 1.15. The van der Waals surface area contributed by atoms with E-state index in [1.165, 1.54) is 0 Å². The van der Waals surface area contributed by atoms with Crippen LogP contribution < -0.4 is 0 Å². The van der Waals surface area contributed by atoms with E-state index in [0.717, 1.165) is 0 Å². The highest BCUT2D eigenvalue weighted by molar-refractivity contribution is 5.81. The van der Waals surface area contributed by atoms with Crippen molar-refractivity contribution in [1.82, 2.24) is 0 Å².